The van der Waals surface area contributed by atoms with E-state index in [0.29, 0.717) is 17.1 Å². The molecule has 0 bridgehead atoms. The number of carbonyl (C=O) groups is 1. The molecule has 3 aromatic rings. The minimum atomic E-state index is -0.272. The molecule has 1 aromatic heterocycles. The number of para-hydroxylation sites is 2. The predicted octanol–water partition coefficient (Wildman–Crippen LogP) is 2.71. The number of amides is 1. The number of carbonyl (C=O) groups excluding carboxylic acids is 1. The number of nitrogens with zero attached hydrogens (tertiary/aromatic N) is 2. The van der Waals surface area contributed by atoms with Gasteiger partial charge in [-0.15, -0.1) is 0 Å². The van der Waals surface area contributed by atoms with Gasteiger partial charge in [-0.3, -0.25) is 4.79 Å². The fraction of sp³-hybridized carbons (Fsp3) is 0. The summed E-state index contributed by atoms with van der Waals surface area (Å²) in [6, 6.07) is 18.3. The van der Waals surface area contributed by atoms with Crippen LogP contribution in [0.1, 0.15) is 10.4 Å². The van der Waals surface area contributed by atoms with Crippen LogP contribution in [0, 0.1) is 0 Å². The summed E-state index contributed by atoms with van der Waals surface area (Å²) in [5.41, 5.74) is 7.59. The minimum absolute atomic E-state index is 0.272. The minimum Gasteiger partial charge on any atom is -0.398 e. The molecule has 1 heterocycles. The van der Waals surface area contributed by atoms with Crippen LogP contribution in [0.3, 0.4) is 0 Å². The molecule has 104 valence electrons. The van der Waals surface area contributed by atoms with Crippen molar-refractivity contribution in [1.29, 1.82) is 0 Å². The van der Waals surface area contributed by atoms with E-state index in [0.717, 1.165) is 5.69 Å². The number of nitrogen functional groups attached to an aromatic ring is 1. The highest BCUT2D eigenvalue weighted by Gasteiger charge is 2.10. The van der Waals surface area contributed by atoms with Gasteiger partial charge in [0.2, 0.25) is 0 Å². The number of hydrogen-bond acceptors (Lipinski definition) is 3. The van der Waals surface area contributed by atoms with Crippen LogP contribution < -0.4 is 11.1 Å². The zero-order valence-electron chi connectivity index (χ0n) is 11.2. The SMILES string of the molecule is Nc1ccccc1C(=O)Nc1ccn(-c2ccccc2)n1. The Morgan fingerprint density at radius 2 is 1.71 bits per heavy atom. The molecule has 0 aliphatic heterocycles. The first-order chi connectivity index (χ1) is 10.2. The Hall–Kier alpha value is -3.08. The van der Waals surface area contributed by atoms with Crippen molar-refractivity contribution in [2.24, 2.45) is 0 Å². The van der Waals surface area contributed by atoms with Crippen molar-refractivity contribution < 1.29 is 4.79 Å². The predicted molar refractivity (Wildman–Crippen MR) is 82.4 cm³/mol. The van der Waals surface area contributed by atoms with Crippen LogP contribution >= 0.6 is 0 Å². The van der Waals surface area contributed by atoms with Gasteiger partial charge in [0.1, 0.15) is 0 Å². The zero-order chi connectivity index (χ0) is 14.7. The van der Waals surface area contributed by atoms with E-state index in [1.807, 2.05) is 30.3 Å². The van der Waals surface area contributed by atoms with Gasteiger partial charge in [-0.25, -0.2) is 4.68 Å². The maximum Gasteiger partial charge on any atom is 0.258 e. The summed E-state index contributed by atoms with van der Waals surface area (Å²) in [5.74, 6) is 0.207. The highest BCUT2D eigenvalue weighted by Crippen LogP contribution is 2.14. The van der Waals surface area contributed by atoms with Crippen molar-refractivity contribution in [2.75, 3.05) is 11.1 Å². The van der Waals surface area contributed by atoms with Crippen LogP contribution in [-0.2, 0) is 0 Å². The van der Waals surface area contributed by atoms with Gasteiger partial charge >= 0.3 is 0 Å². The number of hydrogen-bond donors (Lipinski definition) is 2. The molecule has 0 saturated heterocycles. The Labute approximate surface area is 122 Å². The summed E-state index contributed by atoms with van der Waals surface area (Å²) < 4.78 is 1.70. The number of nitrogens with one attached hydrogen (secondary N) is 1. The number of aromatic nitrogens is 2. The van der Waals surface area contributed by atoms with E-state index in [9.17, 15) is 4.79 Å². The average Bonchev–Trinajstić information content (AvgIpc) is 2.97. The maximum absolute atomic E-state index is 12.1. The zero-order valence-corrected chi connectivity index (χ0v) is 11.2. The first kappa shape index (κ1) is 12.9. The molecule has 0 saturated carbocycles. The van der Waals surface area contributed by atoms with E-state index in [1.54, 1.807) is 41.2 Å². The maximum atomic E-state index is 12.1. The molecular weight excluding hydrogens is 264 g/mol. The average molecular weight is 278 g/mol. The third-order valence-corrected chi connectivity index (χ3v) is 3.06. The van der Waals surface area contributed by atoms with Crippen LogP contribution in [-0.4, -0.2) is 15.7 Å². The summed E-state index contributed by atoms with van der Waals surface area (Å²) in [6.07, 6.45) is 1.79. The van der Waals surface area contributed by atoms with Crippen molar-refractivity contribution in [3.05, 3.63) is 72.4 Å². The molecule has 0 spiro atoms. The molecule has 5 nitrogen and oxygen atoms in total. The lowest BCUT2D eigenvalue weighted by molar-refractivity contribution is 0.102. The van der Waals surface area contributed by atoms with Gasteiger partial charge < -0.3 is 11.1 Å². The van der Waals surface area contributed by atoms with Crippen molar-refractivity contribution in [3.8, 4) is 5.69 Å². The third kappa shape index (κ3) is 2.76. The van der Waals surface area contributed by atoms with Gasteiger partial charge in [-0.1, -0.05) is 30.3 Å². The molecule has 0 atom stereocenters. The molecule has 3 rings (SSSR count). The molecule has 21 heavy (non-hydrogen) atoms. The molecule has 2 aromatic carbocycles. The van der Waals surface area contributed by atoms with Crippen molar-refractivity contribution in [2.45, 2.75) is 0 Å². The Morgan fingerprint density at radius 1 is 1.00 bits per heavy atom. The molecule has 0 aliphatic rings. The van der Waals surface area contributed by atoms with Gasteiger partial charge in [0.25, 0.3) is 5.91 Å². The number of nitrogens with two attached hydrogens (primary N) is 1. The van der Waals surface area contributed by atoms with Gasteiger partial charge in [0, 0.05) is 18.0 Å². The van der Waals surface area contributed by atoms with E-state index in [-0.39, 0.29) is 5.91 Å². The Balaban J connectivity index is 1.79. The summed E-state index contributed by atoms with van der Waals surface area (Å²) in [7, 11) is 0. The molecule has 0 unspecified atom stereocenters. The number of rotatable bonds is 3. The second-order valence-electron chi connectivity index (χ2n) is 4.52. The first-order valence-corrected chi connectivity index (χ1v) is 6.51. The lowest BCUT2D eigenvalue weighted by Crippen LogP contribution is -2.14. The summed E-state index contributed by atoms with van der Waals surface area (Å²) in [6.45, 7) is 0. The topological polar surface area (TPSA) is 72.9 Å². The van der Waals surface area contributed by atoms with E-state index in [2.05, 4.69) is 10.4 Å². The molecule has 1 amide bonds. The smallest absolute Gasteiger partial charge is 0.258 e. The molecule has 0 fully saturated rings. The third-order valence-electron chi connectivity index (χ3n) is 3.06. The quantitative estimate of drug-likeness (QED) is 0.723. The first-order valence-electron chi connectivity index (χ1n) is 6.51. The monoisotopic (exact) mass is 278 g/mol. The molecule has 0 radical (unpaired) electrons. The van der Waals surface area contributed by atoms with Crippen LogP contribution in [0.5, 0.6) is 0 Å². The normalized spacial score (nSPS) is 10.3. The molecule has 3 N–H and O–H groups in total. The lowest BCUT2D eigenvalue weighted by atomic mass is 10.2. The van der Waals surface area contributed by atoms with Crippen LogP contribution in [0.2, 0.25) is 0 Å². The standard InChI is InChI=1S/C16H14N4O/c17-14-9-5-4-8-13(14)16(21)18-15-10-11-20(19-15)12-6-2-1-3-7-12/h1-11H,17H2,(H,18,19,21). The highest BCUT2D eigenvalue weighted by molar-refractivity contribution is 6.07. The highest BCUT2D eigenvalue weighted by atomic mass is 16.1. The van der Waals surface area contributed by atoms with E-state index in [4.69, 9.17) is 5.73 Å². The Morgan fingerprint density at radius 3 is 2.48 bits per heavy atom. The fourth-order valence-corrected chi connectivity index (χ4v) is 2.00. The lowest BCUT2D eigenvalue weighted by Gasteiger charge is -2.05. The second kappa shape index (κ2) is 5.50. The summed E-state index contributed by atoms with van der Waals surface area (Å²) in [4.78, 5) is 12.1. The number of benzene rings is 2. The Bertz CT molecular complexity index is 765. The molecule has 5 heteroatoms. The van der Waals surface area contributed by atoms with Crippen molar-refractivity contribution in [3.63, 3.8) is 0 Å². The van der Waals surface area contributed by atoms with Gasteiger partial charge in [0.05, 0.1) is 11.3 Å². The second-order valence-corrected chi connectivity index (χ2v) is 4.52. The van der Waals surface area contributed by atoms with Gasteiger partial charge in [0.15, 0.2) is 5.82 Å². The largest absolute Gasteiger partial charge is 0.398 e. The van der Waals surface area contributed by atoms with Crippen molar-refractivity contribution in [1.82, 2.24) is 9.78 Å². The fourth-order valence-electron chi connectivity index (χ4n) is 2.00. The summed E-state index contributed by atoms with van der Waals surface area (Å²) >= 11 is 0. The Kier molecular flexibility index (Phi) is 3.39. The van der Waals surface area contributed by atoms with Crippen LogP contribution in [0.4, 0.5) is 11.5 Å². The van der Waals surface area contributed by atoms with Gasteiger partial charge in [-0.05, 0) is 24.3 Å². The summed E-state index contributed by atoms with van der Waals surface area (Å²) in [5, 5.41) is 7.06. The van der Waals surface area contributed by atoms with E-state index < -0.39 is 0 Å². The van der Waals surface area contributed by atoms with Crippen LogP contribution in [0.25, 0.3) is 5.69 Å². The van der Waals surface area contributed by atoms with Gasteiger partial charge in [-0.2, -0.15) is 5.10 Å². The van der Waals surface area contributed by atoms with E-state index in [1.165, 1.54) is 0 Å². The van der Waals surface area contributed by atoms with Crippen molar-refractivity contribution >= 4 is 17.4 Å². The molecular formula is C16H14N4O. The number of anilines is 2. The molecule has 0 aliphatic carbocycles. The van der Waals surface area contributed by atoms with E-state index >= 15 is 0 Å². The van der Waals surface area contributed by atoms with Crippen LogP contribution in [0.15, 0.2) is 66.9 Å².